The SMILES string of the molecule is O=C(N[C@H]1CC[C@@H](C(=O)CC2c3ccccc3-c3cncn32)CC1)c1ccccc1. The number of nitrogens with one attached hydrogen (secondary N) is 1. The molecule has 1 unspecified atom stereocenters. The summed E-state index contributed by atoms with van der Waals surface area (Å²) in [5, 5.41) is 3.13. The fourth-order valence-electron chi connectivity index (χ4n) is 4.92. The summed E-state index contributed by atoms with van der Waals surface area (Å²) in [7, 11) is 0. The summed E-state index contributed by atoms with van der Waals surface area (Å²) < 4.78 is 2.13. The average Bonchev–Trinajstić information content (AvgIpc) is 3.37. The van der Waals surface area contributed by atoms with Gasteiger partial charge in [-0.15, -0.1) is 0 Å². The molecule has 152 valence electrons. The normalized spacial score (nSPS) is 22.2. The van der Waals surface area contributed by atoms with Crippen LogP contribution in [0, 0.1) is 5.92 Å². The van der Waals surface area contributed by atoms with Gasteiger partial charge in [0.25, 0.3) is 5.91 Å². The molecule has 0 bridgehead atoms. The molecule has 1 amide bonds. The number of hydrogen-bond acceptors (Lipinski definition) is 3. The van der Waals surface area contributed by atoms with Crippen molar-refractivity contribution in [3.63, 3.8) is 0 Å². The summed E-state index contributed by atoms with van der Waals surface area (Å²) in [6, 6.07) is 17.8. The Morgan fingerprint density at radius 3 is 2.50 bits per heavy atom. The lowest BCUT2D eigenvalue weighted by Gasteiger charge is -2.29. The molecule has 0 radical (unpaired) electrons. The molecule has 1 aromatic heterocycles. The summed E-state index contributed by atoms with van der Waals surface area (Å²) in [6.45, 7) is 0. The molecule has 2 aromatic carbocycles. The highest BCUT2D eigenvalue weighted by Gasteiger charge is 2.33. The maximum atomic E-state index is 13.1. The number of nitrogens with zero attached hydrogens (tertiary/aromatic N) is 2. The van der Waals surface area contributed by atoms with E-state index in [9.17, 15) is 9.59 Å². The molecule has 1 atom stereocenters. The first-order chi connectivity index (χ1) is 14.7. The van der Waals surface area contributed by atoms with E-state index in [1.807, 2.05) is 55.0 Å². The van der Waals surface area contributed by atoms with E-state index in [0.29, 0.717) is 17.8 Å². The first kappa shape index (κ1) is 18.8. The van der Waals surface area contributed by atoms with Crippen LogP contribution in [0.3, 0.4) is 0 Å². The minimum Gasteiger partial charge on any atom is -0.349 e. The van der Waals surface area contributed by atoms with Crippen LogP contribution >= 0.6 is 0 Å². The summed E-state index contributed by atoms with van der Waals surface area (Å²) in [4.78, 5) is 29.8. The number of rotatable bonds is 5. The van der Waals surface area contributed by atoms with Crippen molar-refractivity contribution in [2.75, 3.05) is 0 Å². The van der Waals surface area contributed by atoms with Gasteiger partial charge in [-0.05, 0) is 43.4 Å². The zero-order chi connectivity index (χ0) is 20.5. The molecular weight excluding hydrogens is 374 g/mol. The Morgan fingerprint density at radius 2 is 1.70 bits per heavy atom. The quantitative estimate of drug-likeness (QED) is 0.692. The van der Waals surface area contributed by atoms with Gasteiger partial charge in [-0.3, -0.25) is 9.59 Å². The molecule has 0 saturated heterocycles. The summed E-state index contributed by atoms with van der Waals surface area (Å²) in [6.07, 6.45) is 7.60. The van der Waals surface area contributed by atoms with Crippen molar-refractivity contribution in [3.8, 4) is 11.3 Å². The van der Waals surface area contributed by atoms with E-state index in [2.05, 4.69) is 27.0 Å². The van der Waals surface area contributed by atoms with E-state index in [0.717, 1.165) is 31.4 Å². The van der Waals surface area contributed by atoms with E-state index in [1.165, 1.54) is 11.1 Å². The predicted octanol–water partition coefficient (Wildman–Crippen LogP) is 4.40. The number of carbonyl (C=O) groups excluding carboxylic acids is 2. The second-order valence-electron chi connectivity index (χ2n) is 8.35. The van der Waals surface area contributed by atoms with Crippen molar-refractivity contribution in [3.05, 3.63) is 78.2 Å². The largest absolute Gasteiger partial charge is 0.349 e. The minimum absolute atomic E-state index is 0.0272. The van der Waals surface area contributed by atoms with Crippen LogP contribution in [0.15, 0.2) is 67.1 Å². The van der Waals surface area contributed by atoms with Crippen molar-refractivity contribution in [2.45, 2.75) is 44.2 Å². The van der Waals surface area contributed by atoms with Gasteiger partial charge in [-0.2, -0.15) is 0 Å². The number of benzene rings is 2. The molecular formula is C25H25N3O2. The zero-order valence-corrected chi connectivity index (χ0v) is 16.8. The van der Waals surface area contributed by atoms with Gasteiger partial charge >= 0.3 is 0 Å². The molecule has 3 aromatic rings. The lowest BCUT2D eigenvalue weighted by Crippen LogP contribution is -2.38. The molecule has 2 aliphatic rings. The second-order valence-corrected chi connectivity index (χ2v) is 8.35. The third kappa shape index (κ3) is 3.45. The van der Waals surface area contributed by atoms with Crippen molar-refractivity contribution >= 4 is 11.7 Å². The summed E-state index contributed by atoms with van der Waals surface area (Å²) in [5.74, 6) is 0.374. The molecule has 1 saturated carbocycles. The lowest BCUT2D eigenvalue weighted by molar-refractivity contribution is -0.124. The highest BCUT2D eigenvalue weighted by Crippen LogP contribution is 2.41. The lowest BCUT2D eigenvalue weighted by atomic mass is 9.81. The first-order valence-corrected chi connectivity index (χ1v) is 10.7. The first-order valence-electron chi connectivity index (χ1n) is 10.7. The number of hydrogen-bond donors (Lipinski definition) is 1. The number of Topliss-reactive ketones (excluding diaryl/α,β-unsaturated/α-hetero) is 1. The maximum Gasteiger partial charge on any atom is 0.251 e. The number of ketones is 1. The van der Waals surface area contributed by atoms with Gasteiger partial charge in [-0.25, -0.2) is 4.98 Å². The van der Waals surface area contributed by atoms with Crippen LogP contribution < -0.4 is 5.32 Å². The van der Waals surface area contributed by atoms with E-state index < -0.39 is 0 Å². The maximum absolute atomic E-state index is 13.1. The number of fused-ring (bicyclic) bond motifs is 3. The van der Waals surface area contributed by atoms with E-state index in [4.69, 9.17) is 0 Å². The fraction of sp³-hybridized carbons (Fsp3) is 0.320. The van der Waals surface area contributed by atoms with Crippen molar-refractivity contribution in [2.24, 2.45) is 5.92 Å². The molecule has 0 spiro atoms. The monoisotopic (exact) mass is 399 g/mol. The predicted molar refractivity (Wildman–Crippen MR) is 115 cm³/mol. The highest BCUT2D eigenvalue weighted by molar-refractivity contribution is 5.94. The second kappa shape index (κ2) is 7.90. The Hall–Kier alpha value is -3.21. The molecule has 1 N–H and O–H groups in total. The zero-order valence-electron chi connectivity index (χ0n) is 16.8. The Morgan fingerprint density at radius 1 is 0.967 bits per heavy atom. The van der Waals surface area contributed by atoms with Gasteiger partial charge < -0.3 is 9.88 Å². The average molecular weight is 399 g/mol. The van der Waals surface area contributed by atoms with Crippen LogP contribution in [-0.2, 0) is 4.79 Å². The Bertz CT molecular complexity index is 1060. The standard InChI is InChI=1S/C25H25N3O2/c29-24(14-22-20-8-4-5-9-21(20)23-15-26-16-28(22)23)17-10-12-19(13-11-17)27-25(30)18-6-2-1-3-7-18/h1-9,15-17,19,22H,10-14H2,(H,27,30)/t17-,19+,22?. The number of carbonyl (C=O) groups is 2. The van der Waals surface area contributed by atoms with E-state index >= 15 is 0 Å². The van der Waals surface area contributed by atoms with Crippen molar-refractivity contribution in [1.29, 1.82) is 0 Å². The van der Waals surface area contributed by atoms with E-state index in [1.54, 1.807) is 0 Å². The third-order valence-corrected chi connectivity index (χ3v) is 6.55. The number of imidazole rings is 1. The van der Waals surface area contributed by atoms with Crippen LogP contribution in [0.5, 0.6) is 0 Å². The molecule has 1 fully saturated rings. The van der Waals surface area contributed by atoms with Gasteiger partial charge in [0.1, 0.15) is 5.78 Å². The smallest absolute Gasteiger partial charge is 0.251 e. The fourth-order valence-corrected chi connectivity index (χ4v) is 4.92. The van der Waals surface area contributed by atoms with Crippen molar-refractivity contribution < 1.29 is 9.59 Å². The number of aromatic nitrogens is 2. The third-order valence-electron chi connectivity index (χ3n) is 6.55. The Balaban J connectivity index is 1.20. The summed E-state index contributed by atoms with van der Waals surface area (Å²) in [5.41, 5.74) is 4.18. The van der Waals surface area contributed by atoms with Crippen LogP contribution in [0.1, 0.15) is 54.1 Å². The van der Waals surface area contributed by atoms with Gasteiger partial charge in [0.2, 0.25) is 0 Å². The minimum atomic E-state index is -0.0272. The molecule has 1 aliphatic heterocycles. The molecule has 1 aliphatic carbocycles. The Labute approximate surface area is 176 Å². The molecule has 5 nitrogen and oxygen atoms in total. The molecule has 5 heteroatoms. The molecule has 5 rings (SSSR count). The van der Waals surface area contributed by atoms with Gasteiger partial charge in [0.15, 0.2) is 0 Å². The van der Waals surface area contributed by atoms with Crippen LogP contribution in [0.25, 0.3) is 11.3 Å². The van der Waals surface area contributed by atoms with Gasteiger partial charge in [-0.1, -0.05) is 42.5 Å². The van der Waals surface area contributed by atoms with Crippen molar-refractivity contribution in [1.82, 2.24) is 14.9 Å². The Kier molecular flexibility index (Phi) is 4.95. The van der Waals surface area contributed by atoms with Crippen LogP contribution in [0.2, 0.25) is 0 Å². The summed E-state index contributed by atoms with van der Waals surface area (Å²) >= 11 is 0. The number of amides is 1. The van der Waals surface area contributed by atoms with Gasteiger partial charge in [0, 0.05) is 29.5 Å². The van der Waals surface area contributed by atoms with E-state index in [-0.39, 0.29) is 23.9 Å². The topological polar surface area (TPSA) is 64.0 Å². The van der Waals surface area contributed by atoms with Crippen LogP contribution in [-0.4, -0.2) is 27.3 Å². The highest BCUT2D eigenvalue weighted by atomic mass is 16.1. The molecule has 30 heavy (non-hydrogen) atoms. The van der Waals surface area contributed by atoms with Crippen LogP contribution in [0.4, 0.5) is 0 Å². The molecule has 2 heterocycles. The van der Waals surface area contributed by atoms with Gasteiger partial charge in [0.05, 0.1) is 24.3 Å².